The van der Waals surface area contributed by atoms with Crippen LogP contribution in [0.15, 0.2) is 54.7 Å². The lowest BCUT2D eigenvalue weighted by molar-refractivity contribution is -0.139. The van der Waals surface area contributed by atoms with E-state index in [4.69, 9.17) is 16.4 Å². The SMILES string of the molecule is CC(=O)N(NCc1ccccc1Cl)[C@H](CON(C=O)c1cc2c(F)cccc2cn1)CC(C)(C)O. The summed E-state index contributed by atoms with van der Waals surface area (Å²) in [6.45, 7) is 4.69. The van der Waals surface area contributed by atoms with Crippen LogP contribution in [0, 0.1) is 5.82 Å². The van der Waals surface area contributed by atoms with Crippen LogP contribution in [0.4, 0.5) is 10.2 Å². The molecule has 0 saturated carbocycles. The maximum atomic E-state index is 14.2. The second-order valence-corrected chi connectivity index (χ2v) is 9.12. The van der Waals surface area contributed by atoms with Crippen LogP contribution >= 0.6 is 11.6 Å². The molecule has 8 nitrogen and oxygen atoms in total. The van der Waals surface area contributed by atoms with Crippen molar-refractivity contribution in [3.8, 4) is 0 Å². The minimum atomic E-state index is -1.15. The van der Waals surface area contributed by atoms with Crippen LogP contribution in [0.5, 0.6) is 0 Å². The van der Waals surface area contributed by atoms with Crippen LogP contribution in [0.3, 0.4) is 0 Å². The third-order valence-electron chi connectivity index (χ3n) is 5.26. The zero-order chi connectivity index (χ0) is 25.6. The summed E-state index contributed by atoms with van der Waals surface area (Å²) in [6.07, 6.45) is 1.98. The lowest BCUT2D eigenvalue weighted by atomic mass is 9.99. The van der Waals surface area contributed by atoms with Crippen molar-refractivity contribution in [2.45, 2.75) is 45.4 Å². The minimum Gasteiger partial charge on any atom is -0.390 e. The number of hydroxylamine groups is 1. The molecule has 1 atom stereocenters. The summed E-state index contributed by atoms with van der Waals surface area (Å²) in [5, 5.41) is 14.1. The molecule has 2 N–H and O–H groups in total. The van der Waals surface area contributed by atoms with Crippen LogP contribution in [0.1, 0.15) is 32.8 Å². The molecule has 1 aromatic heterocycles. The van der Waals surface area contributed by atoms with Gasteiger partial charge in [-0.15, -0.1) is 0 Å². The van der Waals surface area contributed by atoms with E-state index < -0.39 is 17.5 Å². The number of benzene rings is 2. The van der Waals surface area contributed by atoms with Gasteiger partial charge in [-0.3, -0.25) is 19.4 Å². The molecular weight excluding hydrogens is 475 g/mol. The molecule has 35 heavy (non-hydrogen) atoms. The van der Waals surface area contributed by atoms with E-state index in [0.717, 1.165) is 10.6 Å². The average Bonchev–Trinajstić information content (AvgIpc) is 2.80. The summed E-state index contributed by atoms with van der Waals surface area (Å²) < 4.78 is 14.2. The maximum Gasteiger partial charge on any atom is 0.239 e. The van der Waals surface area contributed by atoms with E-state index in [-0.39, 0.29) is 36.7 Å². The number of carbonyl (C=O) groups excluding carboxylic acids is 2. The Bertz CT molecular complexity index is 1190. The van der Waals surface area contributed by atoms with E-state index >= 15 is 0 Å². The molecule has 0 saturated heterocycles. The number of fused-ring (bicyclic) bond motifs is 1. The number of hydrogen-bond donors (Lipinski definition) is 2. The number of anilines is 1. The van der Waals surface area contributed by atoms with Gasteiger partial charge in [0.15, 0.2) is 5.82 Å². The molecule has 0 fully saturated rings. The average molecular weight is 503 g/mol. The van der Waals surface area contributed by atoms with Gasteiger partial charge < -0.3 is 5.11 Å². The molecule has 0 aliphatic heterocycles. The first-order valence-corrected chi connectivity index (χ1v) is 11.4. The summed E-state index contributed by atoms with van der Waals surface area (Å²) in [5.41, 5.74) is 2.68. The van der Waals surface area contributed by atoms with Crippen LogP contribution < -0.4 is 10.5 Å². The van der Waals surface area contributed by atoms with Crippen molar-refractivity contribution < 1.29 is 23.9 Å². The van der Waals surface area contributed by atoms with Gasteiger partial charge in [-0.2, -0.15) is 5.06 Å². The standard InChI is InChI=1S/C25H28ClFN4O4/c1-17(33)31(29-14-19-7-4-5-9-22(19)26)20(12-25(2,3)34)15-35-30(16-32)24-11-21-18(13-28-24)8-6-10-23(21)27/h4-11,13,16,20,29,34H,12,14-15H2,1-3H3/t20-/m0/s1. The number of nitrogens with one attached hydrogen (secondary N) is 1. The predicted octanol–water partition coefficient (Wildman–Crippen LogP) is 4.00. The molecule has 0 unspecified atom stereocenters. The Morgan fingerprint density at radius 2 is 2.03 bits per heavy atom. The predicted molar refractivity (Wildman–Crippen MR) is 132 cm³/mol. The normalized spacial score (nSPS) is 12.4. The van der Waals surface area contributed by atoms with Crippen LogP contribution in [-0.4, -0.2) is 45.7 Å². The van der Waals surface area contributed by atoms with Gasteiger partial charge >= 0.3 is 0 Å². The first kappa shape index (κ1) is 26.5. The summed E-state index contributed by atoms with van der Waals surface area (Å²) >= 11 is 6.23. The number of aromatic nitrogens is 1. The van der Waals surface area contributed by atoms with Crippen LogP contribution in [0.25, 0.3) is 10.8 Å². The van der Waals surface area contributed by atoms with Gasteiger partial charge in [0.1, 0.15) is 5.82 Å². The number of carbonyl (C=O) groups is 2. The number of hydrazine groups is 1. The second-order valence-electron chi connectivity index (χ2n) is 8.72. The van der Waals surface area contributed by atoms with Gasteiger partial charge in [-0.05, 0) is 44.0 Å². The number of pyridine rings is 1. The summed E-state index contributed by atoms with van der Waals surface area (Å²) in [6, 6.07) is 12.5. The van der Waals surface area contributed by atoms with Crippen molar-refractivity contribution in [2.75, 3.05) is 11.7 Å². The number of amides is 2. The first-order valence-electron chi connectivity index (χ1n) is 11.0. The molecule has 0 bridgehead atoms. The fourth-order valence-electron chi connectivity index (χ4n) is 3.67. The molecule has 2 amide bonds. The Labute approximate surface area is 208 Å². The number of rotatable bonds is 11. The largest absolute Gasteiger partial charge is 0.390 e. The van der Waals surface area contributed by atoms with E-state index in [9.17, 15) is 19.1 Å². The van der Waals surface area contributed by atoms with Gasteiger partial charge in [0.05, 0.1) is 18.2 Å². The highest BCUT2D eigenvalue weighted by atomic mass is 35.5. The topological polar surface area (TPSA) is 95.0 Å². The highest BCUT2D eigenvalue weighted by molar-refractivity contribution is 6.31. The maximum absolute atomic E-state index is 14.2. The molecule has 3 aromatic rings. The van der Waals surface area contributed by atoms with Crippen molar-refractivity contribution in [2.24, 2.45) is 0 Å². The molecule has 3 rings (SSSR count). The Kier molecular flexibility index (Phi) is 8.74. The fraction of sp³-hybridized carbons (Fsp3) is 0.320. The van der Waals surface area contributed by atoms with Crippen LogP contribution in [0.2, 0.25) is 5.02 Å². The van der Waals surface area contributed by atoms with Crippen molar-refractivity contribution in [3.05, 3.63) is 71.1 Å². The zero-order valence-corrected chi connectivity index (χ0v) is 20.5. The van der Waals surface area contributed by atoms with E-state index in [1.165, 1.54) is 30.3 Å². The summed E-state index contributed by atoms with van der Waals surface area (Å²) in [4.78, 5) is 34.2. The fourth-order valence-corrected chi connectivity index (χ4v) is 3.87. The third kappa shape index (κ3) is 7.19. The number of aliphatic hydroxyl groups is 1. The summed E-state index contributed by atoms with van der Waals surface area (Å²) in [7, 11) is 0. The van der Waals surface area contributed by atoms with E-state index in [1.54, 1.807) is 38.1 Å². The van der Waals surface area contributed by atoms with Crippen LogP contribution in [-0.2, 0) is 21.0 Å². The molecule has 0 radical (unpaired) electrons. The van der Waals surface area contributed by atoms with E-state index in [2.05, 4.69) is 10.4 Å². The molecule has 186 valence electrons. The first-order chi connectivity index (χ1) is 16.6. The Hall–Kier alpha value is -3.11. The van der Waals surface area contributed by atoms with Gasteiger partial charge in [0, 0.05) is 35.5 Å². The van der Waals surface area contributed by atoms with Gasteiger partial charge in [0.2, 0.25) is 12.3 Å². The highest BCUT2D eigenvalue weighted by Gasteiger charge is 2.29. The Morgan fingerprint density at radius 1 is 1.29 bits per heavy atom. The molecule has 1 heterocycles. The zero-order valence-electron chi connectivity index (χ0n) is 19.7. The monoisotopic (exact) mass is 502 g/mol. The smallest absolute Gasteiger partial charge is 0.239 e. The highest BCUT2D eigenvalue weighted by Crippen LogP contribution is 2.23. The van der Waals surface area contributed by atoms with Crippen molar-refractivity contribution >= 4 is 40.5 Å². The Balaban J connectivity index is 1.80. The van der Waals surface area contributed by atoms with Gasteiger partial charge in [-0.1, -0.05) is 41.9 Å². The molecule has 0 aliphatic carbocycles. The molecule has 2 aromatic carbocycles. The minimum absolute atomic E-state index is 0.0815. The third-order valence-corrected chi connectivity index (χ3v) is 5.63. The molecule has 0 aliphatic rings. The van der Waals surface area contributed by atoms with Gasteiger partial charge in [-0.25, -0.2) is 14.8 Å². The van der Waals surface area contributed by atoms with E-state index in [0.29, 0.717) is 16.8 Å². The second kappa shape index (κ2) is 11.5. The molecular formula is C25H28ClFN4O4. The lowest BCUT2D eigenvalue weighted by Crippen LogP contribution is -2.53. The summed E-state index contributed by atoms with van der Waals surface area (Å²) in [5.74, 6) is -0.695. The number of hydrogen-bond acceptors (Lipinski definition) is 6. The van der Waals surface area contributed by atoms with Crippen molar-refractivity contribution in [3.63, 3.8) is 0 Å². The van der Waals surface area contributed by atoms with Crippen molar-refractivity contribution in [1.82, 2.24) is 15.4 Å². The van der Waals surface area contributed by atoms with Crippen molar-refractivity contribution in [1.29, 1.82) is 0 Å². The lowest BCUT2D eigenvalue weighted by Gasteiger charge is -2.35. The molecule has 10 heteroatoms. The Morgan fingerprint density at radius 3 is 2.69 bits per heavy atom. The number of halogens is 2. The number of nitrogens with zero attached hydrogens (tertiary/aromatic N) is 3. The quantitative estimate of drug-likeness (QED) is 0.304. The molecule has 0 spiro atoms. The van der Waals surface area contributed by atoms with E-state index in [1.807, 2.05) is 12.1 Å². The van der Waals surface area contributed by atoms with Gasteiger partial charge in [0.25, 0.3) is 0 Å².